The van der Waals surface area contributed by atoms with Crippen LogP contribution in [0.15, 0.2) is 0 Å². The third-order valence-corrected chi connectivity index (χ3v) is 3.81. The predicted molar refractivity (Wildman–Crippen MR) is 65.9 cm³/mol. The summed E-state index contributed by atoms with van der Waals surface area (Å²) in [6, 6.07) is -0.844. The fourth-order valence-electron chi connectivity index (χ4n) is 2.74. The number of ketones is 1. The van der Waals surface area contributed by atoms with Crippen LogP contribution in [-0.4, -0.2) is 35.2 Å². The molecule has 1 heterocycles. The van der Waals surface area contributed by atoms with Crippen molar-refractivity contribution in [1.29, 1.82) is 0 Å². The Bertz CT molecular complexity index is 361. The molecule has 0 aromatic carbocycles. The molecule has 100 valence electrons. The molecule has 2 rings (SSSR count). The van der Waals surface area contributed by atoms with Gasteiger partial charge in [0.2, 0.25) is 0 Å². The molecular weight excluding hydrogens is 232 g/mol. The Morgan fingerprint density at radius 2 is 2.00 bits per heavy atom. The second kappa shape index (κ2) is 5.50. The van der Waals surface area contributed by atoms with E-state index >= 15 is 0 Å². The van der Waals surface area contributed by atoms with Crippen LogP contribution < -0.4 is 5.32 Å². The number of imide groups is 1. The number of carbonyl (C=O) groups is 3. The first-order valence-electron chi connectivity index (χ1n) is 6.78. The van der Waals surface area contributed by atoms with Crippen LogP contribution in [0.3, 0.4) is 0 Å². The first-order chi connectivity index (χ1) is 8.63. The van der Waals surface area contributed by atoms with Crippen LogP contribution in [0.4, 0.5) is 4.79 Å². The summed E-state index contributed by atoms with van der Waals surface area (Å²) in [6.07, 6.45) is 5.44. The highest BCUT2D eigenvalue weighted by Gasteiger charge is 2.39. The molecule has 2 aliphatic rings. The Balaban J connectivity index is 1.94. The van der Waals surface area contributed by atoms with Gasteiger partial charge in [-0.15, -0.1) is 0 Å². The van der Waals surface area contributed by atoms with Crippen molar-refractivity contribution < 1.29 is 14.4 Å². The van der Waals surface area contributed by atoms with Crippen molar-refractivity contribution in [2.45, 2.75) is 51.5 Å². The molecule has 0 bridgehead atoms. The summed E-state index contributed by atoms with van der Waals surface area (Å²) in [4.78, 5) is 36.7. The number of carbonyl (C=O) groups excluding carboxylic acids is 3. The van der Waals surface area contributed by atoms with Gasteiger partial charge in [-0.2, -0.15) is 0 Å². The average molecular weight is 252 g/mol. The van der Waals surface area contributed by atoms with E-state index < -0.39 is 12.1 Å². The average Bonchev–Trinajstić information content (AvgIpc) is 2.94. The molecule has 18 heavy (non-hydrogen) atoms. The van der Waals surface area contributed by atoms with E-state index in [1.54, 1.807) is 0 Å². The Hall–Kier alpha value is -1.39. The quantitative estimate of drug-likeness (QED) is 0.753. The molecule has 3 amide bonds. The molecule has 1 aliphatic carbocycles. The summed E-state index contributed by atoms with van der Waals surface area (Å²) in [7, 11) is 0. The molecular formula is C13H20N2O3. The van der Waals surface area contributed by atoms with Crippen molar-refractivity contribution >= 4 is 17.7 Å². The van der Waals surface area contributed by atoms with Gasteiger partial charge < -0.3 is 5.32 Å². The molecule has 1 atom stereocenters. The number of rotatable bonds is 5. The van der Waals surface area contributed by atoms with Gasteiger partial charge in [-0.25, -0.2) is 4.79 Å². The Kier molecular flexibility index (Phi) is 3.99. The molecule has 1 saturated carbocycles. The van der Waals surface area contributed by atoms with Crippen LogP contribution >= 0.6 is 0 Å². The van der Waals surface area contributed by atoms with E-state index in [2.05, 4.69) is 5.32 Å². The lowest BCUT2D eigenvalue weighted by Crippen LogP contribution is -2.38. The second-order valence-corrected chi connectivity index (χ2v) is 5.16. The molecule has 0 aromatic rings. The van der Waals surface area contributed by atoms with Crippen molar-refractivity contribution in [1.82, 2.24) is 10.2 Å². The second-order valence-electron chi connectivity index (χ2n) is 5.16. The van der Waals surface area contributed by atoms with Gasteiger partial charge in [0.15, 0.2) is 5.78 Å². The van der Waals surface area contributed by atoms with E-state index in [4.69, 9.17) is 0 Å². The molecule has 1 unspecified atom stereocenters. The van der Waals surface area contributed by atoms with Gasteiger partial charge in [0.1, 0.15) is 6.04 Å². The van der Waals surface area contributed by atoms with Gasteiger partial charge in [0, 0.05) is 5.92 Å². The molecule has 1 aliphatic heterocycles. The molecule has 1 saturated heterocycles. The van der Waals surface area contributed by atoms with E-state index in [0.29, 0.717) is 6.42 Å². The summed E-state index contributed by atoms with van der Waals surface area (Å²) in [5.74, 6) is -0.155. The van der Waals surface area contributed by atoms with E-state index in [9.17, 15) is 14.4 Å². The van der Waals surface area contributed by atoms with Crippen LogP contribution in [-0.2, 0) is 9.59 Å². The summed E-state index contributed by atoms with van der Waals surface area (Å²) < 4.78 is 0. The SMILES string of the molecule is CCCC1NC(=O)N(CC(=O)C2CCCC2)C1=O. The minimum absolute atomic E-state index is 0.0353. The predicted octanol–water partition coefficient (Wildman–Crippen LogP) is 1.47. The normalized spacial score (nSPS) is 24.7. The van der Waals surface area contributed by atoms with E-state index in [-0.39, 0.29) is 24.2 Å². The third-order valence-electron chi connectivity index (χ3n) is 3.81. The molecule has 2 fully saturated rings. The fourth-order valence-corrected chi connectivity index (χ4v) is 2.74. The molecule has 5 nitrogen and oxygen atoms in total. The van der Waals surface area contributed by atoms with Crippen LogP contribution in [0.2, 0.25) is 0 Å². The van der Waals surface area contributed by atoms with Gasteiger partial charge in [-0.05, 0) is 19.3 Å². The van der Waals surface area contributed by atoms with Crippen molar-refractivity contribution in [3.05, 3.63) is 0 Å². The van der Waals surface area contributed by atoms with E-state index in [1.165, 1.54) is 0 Å². The smallest absolute Gasteiger partial charge is 0.325 e. The van der Waals surface area contributed by atoms with Crippen molar-refractivity contribution in [2.24, 2.45) is 5.92 Å². The maximum Gasteiger partial charge on any atom is 0.325 e. The van der Waals surface area contributed by atoms with Crippen molar-refractivity contribution in [2.75, 3.05) is 6.54 Å². The Labute approximate surface area is 107 Å². The van der Waals surface area contributed by atoms with Gasteiger partial charge in [-0.3, -0.25) is 14.5 Å². The van der Waals surface area contributed by atoms with E-state index in [1.807, 2.05) is 6.92 Å². The lowest BCUT2D eigenvalue weighted by Gasteiger charge is -2.14. The lowest BCUT2D eigenvalue weighted by atomic mass is 10.0. The maximum absolute atomic E-state index is 12.0. The van der Waals surface area contributed by atoms with Crippen LogP contribution in [0.25, 0.3) is 0 Å². The first kappa shape index (κ1) is 13.1. The number of amides is 3. The summed E-state index contributed by atoms with van der Waals surface area (Å²) >= 11 is 0. The van der Waals surface area contributed by atoms with Crippen molar-refractivity contribution in [3.8, 4) is 0 Å². The number of nitrogens with one attached hydrogen (secondary N) is 1. The van der Waals surface area contributed by atoms with Gasteiger partial charge in [0.25, 0.3) is 5.91 Å². The van der Waals surface area contributed by atoms with Crippen LogP contribution in [0.5, 0.6) is 0 Å². The van der Waals surface area contributed by atoms with E-state index in [0.717, 1.165) is 37.0 Å². The first-order valence-corrected chi connectivity index (χ1v) is 6.78. The number of Topliss-reactive ketones (excluding diaryl/α,β-unsaturated/α-hetero) is 1. The standard InChI is InChI=1S/C13H20N2O3/c1-2-5-10-12(17)15(13(18)14-10)8-11(16)9-6-3-4-7-9/h9-10H,2-8H2,1H3,(H,14,18). The minimum Gasteiger partial charge on any atom is -0.326 e. The highest BCUT2D eigenvalue weighted by atomic mass is 16.2. The van der Waals surface area contributed by atoms with Crippen molar-refractivity contribution in [3.63, 3.8) is 0 Å². The van der Waals surface area contributed by atoms with Gasteiger partial charge in [0.05, 0.1) is 6.54 Å². The van der Waals surface area contributed by atoms with Crippen LogP contribution in [0, 0.1) is 5.92 Å². The summed E-state index contributed by atoms with van der Waals surface area (Å²) in [5, 5.41) is 2.64. The largest absolute Gasteiger partial charge is 0.326 e. The molecule has 0 spiro atoms. The molecule has 1 N–H and O–H groups in total. The number of hydrogen-bond donors (Lipinski definition) is 1. The highest BCUT2D eigenvalue weighted by molar-refractivity contribution is 6.06. The molecule has 0 radical (unpaired) electrons. The van der Waals surface area contributed by atoms with Gasteiger partial charge >= 0.3 is 6.03 Å². The Morgan fingerprint density at radius 3 is 2.61 bits per heavy atom. The Morgan fingerprint density at radius 1 is 1.33 bits per heavy atom. The molecule has 5 heteroatoms. The summed E-state index contributed by atoms with van der Waals surface area (Å²) in [6.45, 7) is 1.92. The van der Waals surface area contributed by atoms with Gasteiger partial charge in [-0.1, -0.05) is 26.2 Å². The topological polar surface area (TPSA) is 66.5 Å². The minimum atomic E-state index is -0.432. The zero-order chi connectivity index (χ0) is 13.1. The number of urea groups is 1. The zero-order valence-corrected chi connectivity index (χ0v) is 10.8. The zero-order valence-electron chi connectivity index (χ0n) is 10.8. The lowest BCUT2D eigenvalue weighted by molar-refractivity contribution is -0.132. The highest BCUT2D eigenvalue weighted by Crippen LogP contribution is 2.26. The molecule has 0 aromatic heterocycles. The third kappa shape index (κ3) is 2.54. The van der Waals surface area contributed by atoms with Crippen LogP contribution in [0.1, 0.15) is 45.4 Å². The number of nitrogens with zero attached hydrogens (tertiary/aromatic N) is 1. The monoisotopic (exact) mass is 252 g/mol. The fraction of sp³-hybridized carbons (Fsp3) is 0.769. The summed E-state index contributed by atoms with van der Waals surface area (Å²) in [5.41, 5.74) is 0. The number of hydrogen-bond acceptors (Lipinski definition) is 3. The maximum atomic E-state index is 12.0.